The number of ether oxygens (including phenoxy) is 1. The number of halogens is 2. The van der Waals surface area contributed by atoms with Gasteiger partial charge < -0.3 is 9.84 Å². The van der Waals surface area contributed by atoms with E-state index in [0.717, 1.165) is 12.1 Å². The zero-order chi connectivity index (χ0) is 10.7. The number of rotatable bonds is 3. The molecule has 0 amide bonds. The van der Waals surface area contributed by atoms with Crippen LogP contribution < -0.4 is 4.74 Å². The van der Waals surface area contributed by atoms with Gasteiger partial charge in [-0.2, -0.15) is 0 Å². The van der Waals surface area contributed by atoms with E-state index in [-0.39, 0.29) is 12.2 Å². The molecule has 1 aromatic carbocycles. The van der Waals surface area contributed by atoms with Crippen molar-refractivity contribution in [3.05, 3.63) is 29.3 Å². The molecular formula is C10H12F2O2. The molecule has 1 atom stereocenters. The fourth-order valence-corrected chi connectivity index (χ4v) is 1.24. The maximum Gasteiger partial charge on any atom is 0.162 e. The van der Waals surface area contributed by atoms with Crippen LogP contribution in [-0.4, -0.2) is 18.3 Å². The summed E-state index contributed by atoms with van der Waals surface area (Å²) < 4.78 is 30.5. The van der Waals surface area contributed by atoms with E-state index < -0.39 is 17.7 Å². The normalized spacial score (nSPS) is 12.6. The van der Waals surface area contributed by atoms with E-state index in [9.17, 15) is 8.78 Å². The summed E-state index contributed by atoms with van der Waals surface area (Å²) in [6.45, 7) is 1.57. The van der Waals surface area contributed by atoms with E-state index in [2.05, 4.69) is 0 Å². The van der Waals surface area contributed by atoms with Crippen LogP contribution in [0.2, 0.25) is 0 Å². The van der Waals surface area contributed by atoms with Crippen LogP contribution in [-0.2, 0) is 6.42 Å². The standard InChI is InChI=1S/C10H12F2O2/c1-6(13)3-7-4-8(11)9(12)5-10(7)14-2/h4-6,13H,3H2,1-2H3/t6-/m1/s1. The van der Waals surface area contributed by atoms with Crippen molar-refractivity contribution in [2.75, 3.05) is 7.11 Å². The van der Waals surface area contributed by atoms with Gasteiger partial charge in [0.2, 0.25) is 0 Å². The molecule has 0 saturated carbocycles. The van der Waals surface area contributed by atoms with Gasteiger partial charge in [0.1, 0.15) is 5.75 Å². The zero-order valence-electron chi connectivity index (χ0n) is 8.05. The number of methoxy groups -OCH3 is 1. The largest absolute Gasteiger partial charge is 0.496 e. The van der Waals surface area contributed by atoms with Crippen molar-refractivity contribution in [1.82, 2.24) is 0 Å². The van der Waals surface area contributed by atoms with Crippen LogP contribution in [0.1, 0.15) is 12.5 Å². The number of hydrogen-bond acceptors (Lipinski definition) is 2. The molecule has 0 radical (unpaired) electrons. The second kappa shape index (κ2) is 4.37. The first-order chi connectivity index (χ1) is 6.54. The summed E-state index contributed by atoms with van der Waals surface area (Å²) in [6.07, 6.45) is -0.380. The Morgan fingerprint density at radius 3 is 2.43 bits per heavy atom. The van der Waals surface area contributed by atoms with Gasteiger partial charge >= 0.3 is 0 Å². The molecule has 0 spiro atoms. The van der Waals surface area contributed by atoms with Gasteiger partial charge in [0.05, 0.1) is 13.2 Å². The minimum Gasteiger partial charge on any atom is -0.496 e. The fraction of sp³-hybridized carbons (Fsp3) is 0.400. The van der Waals surface area contributed by atoms with Gasteiger partial charge in [-0.15, -0.1) is 0 Å². The van der Waals surface area contributed by atoms with Gasteiger partial charge in [-0.05, 0) is 18.6 Å². The third kappa shape index (κ3) is 2.42. The highest BCUT2D eigenvalue weighted by Crippen LogP contribution is 2.23. The molecule has 1 aromatic rings. The summed E-state index contributed by atoms with van der Waals surface area (Å²) in [5, 5.41) is 9.11. The van der Waals surface area contributed by atoms with E-state index >= 15 is 0 Å². The number of benzene rings is 1. The molecule has 0 bridgehead atoms. The van der Waals surface area contributed by atoms with E-state index in [1.54, 1.807) is 6.92 Å². The molecule has 0 aliphatic carbocycles. The topological polar surface area (TPSA) is 29.5 Å². The first kappa shape index (κ1) is 10.9. The van der Waals surface area contributed by atoms with Crippen molar-refractivity contribution >= 4 is 0 Å². The molecule has 0 fully saturated rings. The first-order valence-electron chi connectivity index (χ1n) is 4.24. The molecule has 0 aromatic heterocycles. The lowest BCUT2D eigenvalue weighted by molar-refractivity contribution is 0.194. The van der Waals surface area contributed by atoms with Crippen LogP contribution in [0.4, 0.5) is 8.78 Å². The molecule has 0 saturated heterocycles. The number of aliphatic hydroxyl groups is 1. The highest BCUT2D eigenvalue weighted by molar-refractivity contribution is 5.35. The Kier molecular flexibility index (Phi) is 3.41. The van der Waals surface area contributed by atoms with Gasteiger partial charge in [0.15, 0.2) is 11.6 Å². The molecule has 1 N–H and O–H groups in total. The summed E-state index contributed by atoms with van der Waals surface area (Å²) in [7, 11) is 1.37. The van der Waals surface area contributed by atoms with Gasteiger partial charge in [0, 0.05) is 12.5 Å². The molecule has 0 heterocycles. The molecule has 0 unspecified atom stereocenters. The van der Waals surface area contributed by atoms with Crippen LogP contribution in [0, 0.1) is 11.6 Å². The second-order valence-corrected chi connectivity index (χ2v) is 3.13. The Morgan fingerprint density at radius 2 is 1.93 bits per heavy atom. The summed E-state index contributed by atoms with van der Waals surface area (Å²) >= 11 is 0. The van der Waals surface area contributed by atoms with Crippen LogP contribution in [0.15, 0.2) is 12.1 Å². The molecule has 1 rings (SSSR count). The van der Waals surface area contributed by atoms with Gasteiger partial charge in [-0.1, -0.05) is 0 Å². The molecule has 0 aliphatic heterocycles. The first-order valence-corrected chi connectivity index (χ1v) is 4.24. The predicted octanol–water partition coefficient (Wildman–Crippen LogP) is 1.90. The Bertz CT molecular complexity index is 324. The third-order valence-corrected chi connectivity index (χ3v) is 1.84. The highest BCUT2D eigenvalue weighted by atomic mass is 19.2. The Labute approximate surface area is 81.1 Å². The van der Waals surface area contributed by atoms with Crippen LogP contribution in [0.25, 0.3) is 0 Å². The summed E-state index contributed by atoms with van der Waals surface area (Å²) in [6, 6.07) is 2.02. The lowest BCUT2D eigenvalue weighted by Crippen LogP contribution is -2.06. The number of aliphatic hydroxyl groups excluding tert-OH is 1. The minimum absolute atomic E-state index is 0.236. The SMILES string of the molecule is COc1cc(F)c(F)cc1C[C@@H](C)O. The molecule has 0 aliphatic rings. The monoisotopic (exact) mass is 202 g/mol. The van der Waals surface area contributed by atoms with Crippen molar-refractivity contribution in [1.29, 1.82) is 0 Å². The second-order valence-electron chi connectivity index (χ2n) is 3.13. The van der Waals surface area contributed by atoms with Crippen molar-refractivity contribution < 1.29 is 18.6 Å². The van der Waals surface area contributed by atoms with Crippen molar-refractivity contribution in [3.8, 4) is 5.75 Å². The third-order valence-electron chi connectivity index (χ3n) is 1.84. The minimum atomic E-state index is -0.948. The highest BCUT2D eigenvalue weighted by Gasteiger charge is 2.11. The molecule has 14 heavy (non-hydrogen) atoms. The van der Waals surface area contributed by atoms with E-state index in [4.69, 9.17) is 9.84 Å². The lowest BCUT2D eigenvalue weighted by Gasteiger charge is -2.10. The Hall–Kier alpha value is -1.16. The molecular weight excluding hydrogens is 190 g/mol. The Balaban J connectivity index is 3.07. The smallest absolute Gasteiger partial charge is 0.162 e. The molecule has 78 valence electrons. The maximum absolute atomic E-state index is 12.8. The average Bonchev–Trinajstić information content (AvgIpc) is 2.10. The van der Waals surface area contributed by atoms with Crippen LogP contribution in [0.3, 0.4) is 0 Å². The van der Waals surface area contributed by atoms with Gasteiger partial charge in [0.25, 0.3) is 0 Å². The van der Waals surface area contributed by atoms with Gasteiger partial charge in [-0.3, -0.25) is 0 Å². The quantitative estimate of drug-likeness (QED) is 0.811. The summed E-state index contributed by atoms with van der Waals surface area (Å²) in [4.78, 5) is 0. The summed E-state index contributed by atoms with van der Waals surface area (Å²) in [5.41, 5.74) is 0.460. The molecule has 2 nitrogen and oxygen atoms in total. The lowest BCUT2D eigenvalue weighted by atomic mass is 10.1. The van der Waals surface area contributed by atoms with Crippen LogP contribution in [0.5, 0.6) is 5.75 Å². The van der Waals surface area contributed by atoms with Crippen molar-refractivity contribution in [2.45, 2.75) is 19.4 Å². The van der Waals surface area contributed by atoms with E-state index in [0.29, 0.717) is 5.56 Å². The number of hydrogen-bond donors (Lipinski definition) is 1. The average molecular weight is 202 g/mol. The van der Waals surface area contributed by atoms with Crippen molar-refractivity contribution in [3.63, 3.8) is 0 Å². The van der Waals surface area contributed by atoms with E-state index in [1.807, 2.05) is 0 Å². The maximum atomic E-state index is 12.8. The van der Waals surface area contributed by atoms with Gasteiger partial charge in [-0.25, -0.2) is 8.78 Å². The molecule has 4 heteroatoms. The van der Waals surface area contributed by atoms with Crippen molar-refractivity contribution in [2.24, 2.45) is 0 Å². The van der Waals surface area contributed by atoms with Crippen LogP contribution >= 0.6 is 0 Å². The zero-order valence-corrected chi connectivity index (χ0v) is 8.05. The van der Waals surface area contributed by atoms with E-state index in [1.165, 1.54) is 7.11 Å². The Morgan fingerprint density at radius 1 is 1.36 bits per heavy atom. The summed E-state index contributed by atoms with van der Waals surface area (Å²) in [5.74, 6) is -1.62. The predicted molar refractivity (Wildman–Crippen MR) is 48.3 cm³/mol. The fourth-order valence-electron chi connectivity index (χ4n) is 1.24.